The summed E-state index contributed by atoms with van der Waals surface area (Å²) in [6, 6.07) is 1.64. The first-order valence-electron chi connectivity index (χ1n) is 6.70. The molecule has 0 amide bonds. The van der Waals surface area contributed by atoms with Crippen LogP contribution in [0.25, 0.3) is 0 Å². The van der Waals surface area contributed by atoms with Crippen molar-refractivity contribution in [3.63, 3.8) is 0 Å². The molecule has 0 saturated carbocycles. The second-order valence-corrected chi connectivity index (χ2v) is 5.59. The summed E-state index contributed by atoms with van der Waals surface area (Å²) in [6.45, 7) is 10.9. The number of nitrogens with zero attached hydrogens (tertiary/aromatic N) is 1. The van der Waals surface area contributed by atoms with Crippen LogP contribution in [0, 0.1) is 11.8 Å². The van der Waals surface area contributed by atoms with Crippen molar-refractivity contribution in [1.82, 2.24) is 10.2 Å². The van der Waals surface area contributed by atoms with E-state index in [0.717, 1.165) is 23.9 Å². The Bertz CT molecular complexity index is 201. The van der Waals surface area contributed by atoms with Crippen molar-refractivity contribution in [2.24, 2.45) is 11.8 Å². The fraction of sp³-hybridized carbons (Fsp3) is 1.00. The number of hydrogen-bond acceptors (Lipinski definition) is 2. The molecule has 2 aliphatic heterocycles. The van der Waals surface area contributed by atoms with Gasteiger partial charge in [0.15, 0.2) is 0 Å². The van der Waals surface area contributed by atoms with Crippen LogP contribution in [0.15, 0.2) is 0 Å². The van der Waals surface area contributed by atoms with E-state index in [1.165, 1.54) is 38.9 Å². The van der Waals surface area contributed by atoms with E-state index in [-0.39, 0.29) is 0 Å². The minimum absolute atomic E-state index is 0.800. The molecular formula is C13H26N2. The van der Waals surface area contributed by atoms with Crippen LogP contribution >= 0.6 is 0 Å². The first-order chi connectivity index (χ1) is 7.24. The normalized spacial score (nSPS) is 34.4. The molecule has 2 heterocycles. The summed E-state index contributed by atoms with van der Waals surface area (Å²) in [5, 5.41) is 3.57. The number of rotatable bonds is 3. The quantitative estimate of drug-likeness (QED) is 0.767. The molecule has 3 atom stereocenters. The van der Waals surface area contributed by atoms with Gasteiger partial charge in [-0.15, -0.1) is 0 Å². The van der Waals surface area contributed by atoms with Crippen LogP contribution in [0.1, 0.15) is 40.0 Å². The van der Waals surface area contributed by atoms with E-state index in [2.05, 4.69) is 31.0 Å². The molecule has 2 saturated heterocycles. The molecule has 2 aliphatic rings. The number of fused-ring (bicyclic) bond motifs is 1. The van der Waals surface area contributed by atoms with Gasteiger partial charge in [0.25, 0.3) is 0 Å². The molecule has 0 aliphatic carbocycles. The maximum atomic E-state index is 3.57. The molecule has 0 spiro atoms. The van der Waals surface area contributed by atoms with E-state index >= 15 is 0 Å². The summed E-state index contributed by atoms with van der Waals surface area (Å²) in [6.07, 6.45) is 4.16. The number of piperidine rings is 1. The van der Waals surface area contributed by atoms with Gasteiger partial charge in [0.1, 0.15) is 0 Å². The average molecular weight is 210 g/mol. The summed E-state index contributed by atoms with van der Waals surface area (Å²) in [4.78, 5) is 2.80. The van der Waals surface area contributed by atoms with E-state index in [1.54, 1.807) is 0 Å². The highest BCUT2D eigenvalue weighted by Gasteiger charge is 2.38. The fourth-order valence-corrected chi connectivity index (χ4v) is 3.60. The molecule has 0 aromatic rings. The summed E-state index contributed by atoms with van der Waals surface area (Å²) in [7, 11) is 0. The van der Waals surface area contributed by atoms with Crippen LogP contribution in [-0.2, 0) is 0 Å². The summed E-state index contributed by atoms with van der Waals surface area (Å²) >= 11 is 0. The van der Waals surface area contributed by atoms with Crippen molar-refractivity contribution in [1.29, 1.82) is 0 Å². The molecule has 0 aromatic heterocycles. The fourth-order valence-electron chi connectivity index (χ4n) is 3.60. The molecule has 2 fully saturated rings. The van der Waals surface area contributed by atoms with Gasteiger partial charge >= 0.3 is 0 Å². The number of likely N-dealkylation sites (tertiary alicyclic amines) is 1. The van der Waals surface area contributed by atoms with E-state index in [4.69, 9.17) is 0 Å². The average Bonchev–Trinajstić information content (AvgIpc) is 2.66. The molecule has 1 N–H and O–H groups in total. The van der Waals surface area contributed by atoms with Crippen molar-refractivity contribution < 1.29 is 0 Å². The van der Waals surface area contributed by atoms with Crippen LogP contribution in [0.3, 0.4) is 0 Å². The lowest BCUT2D eigenvalue weighted by molar-refractivity contribution is 0.0527. The lowest BCUT2D eigenvalue weighted by Gasteiger charge is -2.43. The Balaban J connectivity index is 2.05. The van der Waals surface area contributed by atoms with Crippen LogP contribution < -0.4 is 5.32 Å². The van der Waals surface area contributed by atoms with Crippen molar-refractivity contribution in [3.8, 4) is 0 Å². The molecule has 0 radical (unpaired) electrons. The largest absolute Gasteiger partial charge is 0.315 e. The SMILES string of the molecule is CCC(C(C)C)N1CCCC2CNCC21. The standard InChI is InChI=1S/C13H26N2/c1-4-12(10(2)3)15-7-5-6-11-8-14-9-13(11)15/h10-14H,4-9H2,1-3H3. The molecule has 0 bridgehead atoms. The van der Waals surface area contributed by atoms with Crippen LogP contribution in [0.5, 0.6) is 0 Å². The minimum atomic E-state index is 0.800. The van der Waals surface area contributed by atoms with Gasteiger partial charge in [-0.3, -0.25) is 4.90 Å². The lowest BCUT2D eigenvalue weighted by atomic mass is 9.88. The zero-order valence-corrected chi connectivity index (χ0v) is 10.5. The van der Waals surface area contributed by atoms with Crippen LogP contribution in [0.2, 0.25) is 0 Å². The Labute approximate surface area is 94.4 Å². The van der Waals surface area contributed by atoms with E-state index in [0.29, 0.717) is 0 Å². The maximum absolute atomic E-state index is 3.57. The Kier molecular flexibility index (Phi) is 3.68. The predicted molar refractivity (Wildman–Crippen MR) is 65.0 cm³/mol. The summed E-state index contributed by atoms with van der Waals surface area (Å²) in [5.41, 5.74) is 0. The zero-order valence-electron chi connectivity index (χ0n) is 10.5. The van der Waals surface area contributed by atoms with Gasteiger partial charge in [0, 0.05) is 18.6 Å². The monoisotopic (exact) mass is 210 g/mol. The Morgan fingerprint density at radius 3 is 2.80 bits per heavy atom. The first-order valence-corrected chi connectivity index (χ1v) is 6.70. The van der Waals surface area contributed by atoms with Crippen molar-refractivity contribution in [3.05, 3.63) is 0 Å². The van der Waals surface area contributed by atoms with Gasteiger partial charge in [0.05, 0.1) is 0 Å². The van der Waals surface area contributed by atoms with Crippen molar-refractivity contribution in [2.45, 2.75) is 52.1 Å². The second-order valence-electron chi connectivity index (χ2n) is 5.59. The van der Waals surface area contributed by atoms with Crippen molar-refractivity contribution in [2.75, 3.05) is 19.6 Å². The highest BCUT2D eigenvalue weighted by atomic mass is 15.2. The maximum Gasteiger partial charge on any atom is 0.0264 e. The Morgan fingerprint density at radius 1 is 1.33 bits per heavy atom. The molecule has 2 heteroatoms. The van der Waals surface area contributed by atoms with E-state index in [1.807, 2.05) is 0 Å². The number of nitrogens with one attached hydrogen (secondary N) is 1. The van der Waals surface area contributed by atoms with E-state index in [9.17, 15) is 0 Å². The summed E-state index contributed by atoms with van der Waals surface area (Å²) in [5.74, 6) is 1.74. The smallest absolute Gasteiger partial charge is 0.0264 e. The zero-order chi connectivity index (χ0) is 10.8. The van der Waals surface area contributed by atoms with Crippen LogP contribution in [-0.4, -0.2) is 36.6 Å². The molecule has 2 rings (SSSR count). The van der Waals surface area contributed by atoms with Gasteiger partial charge < -0.3 is 5.32 Å². The first kappa shape index (κ1) is 11.4. The lowest BCUT2D eigenvalue weighted by Crippen LogP contribution is -2.51. The van der Waals surface area contributed by atoms with Crippen LogP contribution in [0.4, 0.5) is 0 Å². The van der Waals surface area contributed by atoms with Gasteiger partial charge in [-0.1, -0.05) is 20.8 Å². The topological polar surface area (TPSA) is 15.3 Å². The predicted octanol–water partition coefficient (Wildman–Crippen LogP) is 2.10. The molecule has 88 valence electrons. The van der Waals surface area contributed by atoms with E-state index < -0.39 is 0 Å². The number of hydrogen-bond donors (Lipinski definition) is 1. The highest BCUT2D eigenvalue weighted by molar-refractivity contribution is 4.94. The Hall–Kier alpha value is -0.0800. The third-order valence-electron chi connectivity index (χ3n) is 4.34. The van der Waals surface area contributed by atoms with Gasteiger partial charge in [-0.25, -0.2) is 0 Å². The molecule has 15 heavy (non-hydrogen) atoms. The summed E-state index contributed by atoms with van der Waals surface area (Å²) < 4.78 is 0. The molecular weight excluding hydrogens is 184 g/mol. The van der Waals surface area contributed by atoms with Crippen molar-refractivity contribution >= 4 is 0 Å². The third-order valence-corrected chi connectivity index (χ3v) is 4.34. The Morgan fingerprint density at radius 2 is 2.13 bits per heavy atom. The third kappa shape index (κ3) is 2.21. The molecule has 2 nitrogen and oxygen atoms in total. The molecule has 3 unspecified atom stereocenters. The minimum Gasteiger partial charge on any atom is -0.315 e. The highest BCUT2D eigenvalue weighted by Crippen LogP contribution is 2.30. The van der Waals surface area contributed by atoms with Gasteiger partial charge in [-0.05, 0) is 44.2 Å². The molecule has 0 aromatic carbocycles. The van der Waals surface area contributed by atoms with Gasteiger partial charge in [-0.2, -0.15) is 0 Å². The second kappa shape index (κ2) is 4.84. The van der Waals surface area contributed by atoms with Gasteiger partial charge in [0.2, 0.25) is 0 Å².